The SMILES string of the molecule is CC/C=C\C/C=C\C/C=C\C/C=C\C/C=C\C/C=C\CCC(=O)NC(CS(=O)(=O)O)C(O)CCCCCCCCCCCCCCCCCCCC. The highest BCUT2D eigenvalue weighted by atomic mass is 32.2. The van der Waals surface area contributed by atoms with Gasteiger partial charge in [-0.05, 0) is 51.4 Å². The van der Waals surface area contributed by atoms with E-state index >= 15 is 0 Å². The van der Waals surface area contributed by atoms with E-state index in [0.29, 0.717) is 12.8 Å². The molecule has 0 aliphatic carbocycles. The Kier molecular flexibility index (Phi) is 36.9. The first-order valence-corrected chi connectivity index (χ1v) is 22.7. The molecule has 2 unspecified atom stereocenters. The Morgan fingerprint density at radius 3 is 1.25 bits per heavy atom. The van der Waals surface area contributed by atoms with Crippen molar-refractivity contribution in [3.8, 4) is 0 Å². The van der Waals surface area contributed by atoms with E-state index in [1.807, 2.05) is 12.2 Å². The van der Waals surface area contributed by atoms with Crippen LogP contribution in [0.4, 0.5) is 0 Å². The van der Waals surface area contributed by atoms with E-state index in [0.717, 1.165) is 57.8 Å². The number of hydrogen-bond donors (Lipinski definition) is 3. The van der Waals surface area contributed by atoms with Gasteiger partial charge in [-0.2, -0.15) is 8.42 Å². The van der Waals surface area contributed by atoms with E-state index in [1.165, 1.54) is 96.3 Å². The number of aliphatic hydroxyl groups excluding tert-OH is 1. The van der Waals surface area contributed by atoms with Crippen molar-refractivity contribution >= 4 is 16.0 Å². The molecule has 3 N–H and O–H groups in total. The third-order valence-electron chi connectivity index (χ3n) is 9.19. The number of carbonyl (C=O) groups is 1. The van der Waals surface area contributed by atoms with Crippen LogP contribution in [0.1, 0.15) is 187 Å². The van der Waals surface area contributed by atoms with Crippen LogP contribution in [0.3, 0.4) is 0 Å². The molecule has 0 spiro atoms. The molecule has 1 amide bonds. The number of hydrogen-bond acceptors (Lipinski definition) is 4. The average molecular weight is 746 g/mol. The standard InChI is InChI=1S/C45H79NO5S/c1-3-5-7-9-11-13-15-17-19-21-23-25-27-29-31-33-35-37-39-41-45(48)46-43(42-52(49,50)51)44(47)40-38-36-34-32-30-28-26-24-22-20-18-16-14-12-10-8-6-4-2/h5,7,11,13,17,19,23,25,29,31,35,37,43-44,47H,3-4,6,8-10,12,14-16,18,20-22,24,26-28,30,32-34,36,38-42H2,1-2H3,(H,46,48)(H,49,50,51)/b7-5-,13-11-,19-17-,25-23-,31-29-,37-35-. The number of allylic oxidation sites excluding steroid dienone is 12. The molecular formula is C45H79NO5S. The van der Waals surface area contributed by atoms with Crippen molar-refractivity contribution in [3.05, 3.63) is 72.9 Å². The van der Waals surface area contributed by atoms with Crippen molar-refractivity contribution < 1.29 is 22.9 Å². The maximum atomic E-state index is 12.5. The fraction of sp³-hybridized carbons (Fsp3) is 0.711. The van der Waals surface area contributed by atoms with Gasteiger partial charge in [-0.3, -0.25) is 9.35 Å². The van der Waals surface area contributed by atoms with Crippen molar-refractivity contribution in [2.75, 3.05) is 5.75 Å². The Bertz CT molecular complexity index is 1090. The lowest BCUT2D eigenvalue weighted by Gasteiger charge is -2.23. The normalized spacial score (nSPS) is 14.0. The third kappa shape index (κ3) is 39.0. The lowest BCUT2D eigenvalue weighted by molar-refractivity contribution is -0.122. The van der Waals surface area contributed by atoms with Crippen molar-refractivity contribution in [1.82, 2.24) is 5.32 Å². The Morgan fingerprint density at radius 1 is 0.538 bits per heavy atom. The molecule has 6 nitrogen and oxygen atoms in total. The Balaban J connectivity index is 4.00. The molecular weight excluding hydrogens is 667 g/mol. The van der Waals surface area contributed by atoms with Crippen LogP contribution in [0.5, 0.6) is 0 Å². The molecule has 52 heavy (non-hydrogen) atoms. The number of rotatable bonds is 37. The van der Waals surface area contributed by atoms with Gasteiger partial charge in [0.25, 0.3) is 10.1 Å². The number of amides is 1. The zero-order chi connectivity index (χ0) is 38.2. The minimum absolute atomic E-state index is 0.191. The third-order valence-corrected chi connectivity index (χ3v) is 9.97. The van der Waals surface area contributed by atoms with Gasteiger partial charge >= 0.3 is 0 Å². The fourth-order valence-corrected chi connectivity index (χ4v) is 6.82. The van der Waals surface area contributed by atoms with Crippen molar-refractivity contribution in [3.63, 3.8) is 0 Å². The average Bonchev–Trinajstić information content (AvgIpc) is 3.11. The van der Waals surface area contributed by atoms with Crippen LogP contribution in [0.25, 0.3) is 0 Å². The molecule has 0 aliphatic heterocycles. The van der Waals surface area contributed by atoms with Crippen LogP contribution < -0.4 is 5.32 Å². The summed E-state index contributed by atoms with van der Waals surface area (Å²) in [6.45, 7) is 4.41. The smallest absolute Gasteiger partial charge is 0.266 e. The summed E-state index contributed by atoms with van der Waals surface area (Å²) in [6, 6.07) is -1.02. The molecule has 0 bridgehead atoms. The Hall–Kier alpha value is -2.22. The van der Waals surface area contributed by atoms with Crippen LogP contribution in [0.15, 0.2) is 72.9 Å². The van der Waals surface area contributed by atoms with Gasteiger partial charge < -0.3 is 10.4 Å². The highest BCUT2D eigenvalue weighted by Gasteiger charge is 2.25. The second kappa shape index (κ2) is 38.5. The minimum Gasteiger partial charge on any atom is -0.391 e. The second-order valence-corrected chi connectivity index (χ2v) is 15.7. The Morgan fingerprint density at radius 2 is 0.885 bits per heavy atom. The molecule has 0 aliphatic rings. The molecule has 0 aromatic rings. The summed E-state index contributed by atoms with van der Waals surface area (Å²) < 4.78 is 32.6. The molecule has 300 valence electrons. The summed E-state index contributed by atoms with van der Waals surface area (Å²) in [5, 5.41) is 13.3. The maximum absolute atomic E-state index is 12.5. The van der Waals surface area contributed by atoms with E-state index in [4.69, 9.17) is 0 Å². The van der Waals surface area contributed by atoms with Gasteiger partial charge in [0.2, 0.25) is 5.91 Å². The molecule has 0 aromatic heterocycles. The zero-order valence-corrected chi connectivity index (χ0v) is 34.2. The van der Waals surface area contributed by atoms with Gasteiger partial charge in [0.1, 0.15) is 0 Å². The highest BCUT2D eigenvalue weighted by Crippen LogP contribution is 2.16. The van der Waals surface area contributed by atoms with Crippen LogP contribution in [-0.2, 0) is 14.9 Å². The number of nitrogens with one attached hydrogen (secondary N) is 1. The van der Waals surface area contributed by atoms with Crippen LogP contribution in [0, 0.1) is 0 Å². The minimum atomic E-state index is -4.34. The maximum Gasteiger partial charge on any atom is 0.266 e. The molecule has 0 rings (SSSR count). The summed E-state index contributed by atoms with van der Waals surface area (Å²) in [7, 11) is -4.34. The molecule has 0 heterocycles. The Labute approximate surface area is 321 Å². The van der Waals surface area contributed by atoms with E-state index in [1.54, 1.807) is 0 Å². The van der Waals surface area contributed by atoms with Gasteiger partial charge in [0.15, 0.2) is 0 Å². The highest BCUT2D eigenvalue weighted by molar-refractivity contribution is 7.85. The molecule has 2 atom stereocenters. The summed E-state index contributed by atoms with van der Waals surface area (Å²) in [6.07, 6.45) is 54.3. The van der Waals surface area contributed by atoms with E-state index < -0.39 is 28.0 Å². The number of carbonyl (C=O) groups excluding carboxylic acids is 1. The zero-order valence-electron chi connectivity index (χ0n) is 33.4. The monoisotopic (exact) mass is 746 g/mol. The van der Waals surface area contributed by atoms with Crippen LogP contribution >= 0.6 is 0 Å². The van der Waals surface area contributed by atoms with Crippen LogP contribution in [-0.4, -0.2) is 41.9 Å². The van der Waals surface area contributed by atoms with Gasteiger partial charge in [0, 0.05) is 6.42 Å². The second-order valence-electron chi connectivity index (χ2n) is 14.2. The fourth-order valence-electron chi connectivity index (χ4n) is 6.07. The topological polar surface area (TPSA) is 104 Å². The van der Waals surface area contributed by atoms with Crippen molar-refractivity contribution in [2.24, 2.45) is 0 Å². The van der Waals surface area contributed by atoms with Crippen LogP contribution in [0.2, 0.25) is 0 Å². The predicted octanol–water partition coefficient (Wildman–Crippen LogP) is 12.6. The predicted molar refractivity (Wildman–Crippen MR) is 225 cm³/mol. The van der Waals surface area contributed by atoms with Crippen molar-refractivity contribution in [2.45, 2.75) is 199 Å². The molecule has 0 radical (unpaired) electrons. The number of unbranched alkanes of at least 4 members (excludes halogenated alkanes) is 17. The first kappa shape index (κ1) is 49.8. The summed E-state index contributed by atoms with van der Waals surface area (Å²) in [5.41, 5.74) is 0. The van der Waals surface area contributed by atoms with Gasteiger partial charge in [-0.15, -0.1) is 0 Å². The van der Waals surface area contributed by atoms with Gasteiger partial charge in [-0.1, -0.05) is 202 Å². The van der Waals surface area contributed by atoms with Crippen molar-refractivity contribution in [1.29, 1.82) is 0 Å². The molecule has 0 fully saturated rings. The van der Waals surface area contributed by atoms with E-state index in [9.17, 15) is 22.9 Å². The molecule has 0 aromatic carbocycles. The number of aliphatic hydroxyl groups is 1. The lowest BCUT2D eigenvalue weighted by Crippen LogP contribution is -2.47. The lowest BCUT2D eigenvalue weighted by atomic mass is 10.0. The summed E-state index contributed by atoms with van der Waals surface area (Å²) in [4.78, 5) is 12.5. The first-order chi connectivity index (χ1) is 25.3. The largest absolute Gasteiger partial charge is 0.391 e. The van der Waals surface area contributed by atoms with Gasteiger partial charge in [-0.25, -0.2) is 0 Å². The molecule has 0 saturated heterocycles. The molecule has 0 saturated carbocycles. The summed E-state index contributed by atoms with van der Waals surface area (Å²) >= 11 is 0. The van der Waals surface area contributed by atoms with E-state index in [2.05, 4.69) is 79.9 Å². The van der Waals surface area contributed by atoms with E-state index in [-0.39, 0.29) is 12.3 Å². The summed E-state index contributed by atoms with van der Waals surface area (Å²) in [5.74, 6) is -1.01. The first-order valence-electron chi connectivity index (χ1n) is 21.1. The molecule has 7 heteroatoms. The quantitative estimate of drug-likeness (QED) is 0.0334. The van der Waals surface area contributed by atoms with Gasteiger partial charge in [0.05, 0.1) is 17.9 Å².